The molecule has 3 rings (SSSR count). The lowest BCUT2D eigenvalue weighted by Crippen LogP contribution is -2.46. The van der Waals surface area contributed by atoms with Crippen molar-refractivity contribution in [1.29, 1.82) is 0 Å². The number of anilines is 1. The molecule has 0 spiro atoms. The molecule has 1 aliphatic carbocycles. The lowest BCUT2D eigenvalue weighted by Gasteiger charge is -2.29. The van der Waals surface area contributed by atoms with Gasteiger partial charge in [-0.2, -0.15) is 0 Å². The molecule has 2 heterocycles. The topological polar surface area (TPSA) is 44.3 Å². The number of hydrogen-bond donors (Lipinski definition) is 1. The van der Waals surface area contributed by atoms with Crippen LogP contribution in [0, 0.1) is 0 Å². The number of fused-ring (bicyclic) bond motifs is 1. The molecule has 0 amide bonds. The lowest BCUT2D eigenvalue weighted by molar-refractivity contribution is 0.246. The molecule has 0 unspecified atom stereocenters. The van der Waals surface area contributed by atoms with Crippen LogP contribution in [-0.2, 0) is 12.8 Å². The Morgan fingerprint density at radius 3 is 2.95 bits per heavy atom. The minimum absolute atomic E-state index is 1.05. The SMILES string of the molecule is CN(CCN1CCNCC1)c1ncnc2c1CCC2. The first-order valence-electron chi connectivity index (χ1n) is 7.31. The summed E-state index contributed by atoms with van der Waals surface area (Å²) in [5.41, 5.74) is 2.64. The second-order valence-corrected chi connectivity index (χ2v) is 5.49. The molecule has 5 heteroatoms. The van der Waals surface area contributed by atoms with E-state index in [9.17, 15) is 0 Å². The fourth-order valence-electron chi connectivity index (χ4n) is 3.00. The van der Waals surface area contributed by atoms with Crippen LogP contribution in [0.2, 0.25) is 0 Å². The Morgan fingerprint density at radius 2 is 2.11 bits per heavy atom. The molecule has 0 atom stereocenters. The molecular formula is C14H23N5. The first-order valence-corrected chi connectivity index (χ1v) is 7.31. The van der Waals surface area contributed by atoms with Crippen molar-refractivity contribution < 1.29 is 0 Å². The molecule has 0 radical (unpaired) electrons. The van der Waals surface area contributed by atoms with Crippen molar-refractivity contribution in [3.8, 4) is 0 Å². The highest BCUT2D eigenvalue weighted by Gasteiger charge is 2.19. The monoisotopic (exact) mass is 261 g/mol. The van der Waals surface area contributed by atoms with Crippen LogP contribution >= 0.6 is 0 Å². The van der Waals surface area contributed by atoms with Crippen molar-refractivity contribution in [3.63, 3.8) is 0 Å². The summed E-state index contributed by atoms with van der Waals surface area (Å²) in [6.07, 6.45) is 5.22. The number of hydrogen-bond acceptors (Lipinski definition) is 5. The lowest BCUT2D eigenvalue weighted by atomic mass is 10.2. The van der Waals surface area contributed by atoms with E-state index in [0.29, 0.717) is 0 Å². The van der Waals surface area contributed by atoms with Crippen molar-refractivity contribution in [2.45, 2.75) is 19.3 Å². The number of aryl methyl sites for hydroxylation is 1. The van der Waals surface area contributed by atoms with Gasteiger partial charge >= 0.3 is 0 Å². The minimum atomic E-state index is 1.05. The third kappa shape index (κ3) is 2.87. The molecule has 1 N–H and O–H groups in total. The highest BCUT2D eigenvalue weighted by Crippen LogP contribution is 2.26. The average molecular weight is 261 g/mol. The standard InChI is InChI=1S/C14H23N5/c1-18(9-10-19-7-5-15-6-8-19)14-12-3-2-4-13(12)16-11-17-14/h11,15H,2-10H2,1H3. The maximum Gasteiger partial charge on any atom is 0.135 e. The third-order valence-electron chi connectivity index (χ3n) is 4.18. The maximum absolute atomic E-state index is 4.50. The average Bonchev–Trinajstić information content (AvgIpc) is 2.94. The van der Waals surface area contributed by atoms with E-state index in [-0.39, 0.29) is 0 Å². The molecule has 1 fully saturated rings. The summed E-state index contributed by atoms with van der Waals surface area (Å²) in [6.45, 7) is 6.73. The van der Waals surface area contributed by atoms with E-state index >= 15 is 0 Å². The van der Waals surface area contributed by atoms with Gasteiger partial charge in [0.15, 0.2) is 0 Å². The van der Waals surface area contributed by atoms with Gasteiger partial charge in [0, 0.05) is 57.6 Å². The Bertz CT molecular complexity index is 428. The quantitative estimate of drug-likeness (QED) is 0.845. The normalized spacial score (nSPS) is 19.4. The van der Waals surface area contributed by atoms with Gasteiger partial charge in [0.2, 0.25) is 0 Å². The fraction of sp³-hybridized carbons (Fsp3) is 0.714. The summed E-state index contributed by atoms with van der Waals surface area (Å²) in [4.78, 5) is 13.7. The van der Waals surface area contributed by atoms with Gasteiger partial charge in [0.1, 0.15) is 12.1 Å². The van der Waals surface area contributed by atoms with Crippen molar-refractivity contribution in [3.05, 3.63) is 17.6 Å². The van der Waals surface area contributed by atoms with E-state index in [1.54, 1.807) is 6.33 Å². The Labute approximate surface area is 115 Å². The highest BCUT2D eigenvalue weighted by molar-refractivity contribution is 5.49. The van der Waals surface area contributed by atoms with Crippen LogP contribution in [0.4, 0.5) is 5.82 Å². The Kier molecular flexibility index (Phi) is 3.94. The summed E-state index contributed by atoms with van der Waals surface area (Å²) >= 11 is 0. The number of aromatic nitrogens is 2. The van der Waals surface area contributed by atoms with Crippen LogP contribution in [0.1, 0.15) is 17.7 Å². The van der Waals surface area contributed by atoms with Gasteiger partial charge in [-0.15, -0.1) is 0 Å². The summed E-state index contributed by atoms with van der Waals surface area (Å²) < 4.78 is 0. The first-order chi connectivity index (χ1) is 9.34. The van der Waals surface area contributed by atoms with E-state index in [4.69, 9.17) is 0 Å². The minimum Gasteiger partial charge on any atom is -0.358 e. The second-order valence-electron chi connectivity index (χ2n) is 5.49. The van der Waals surface area contributed by atoms with Crippen molar-refractivity contribution in [2.24, 2.45) is 0 Å². The second kappa shape index (κ2) is 5.84. The van der Waals surface area contributed by atoms with Crippen molar-refractivity contribution in [2.75, 3.05) is 51.2 Å². The van der Waals surface area contributed by atoms with Crippen LogP contribution in [-0.4, -0.2) is 61.2 Å². The van der Waals surface area contributed by atoms with Gasteiger partial charge in [-0.1, -0.05) is 0 Å². The fourth-order valence-corrected chi connectivity index (χ4v) is 3.00. The van der Waals surface area contributed by atoms with Crippen molar-refractivity contribution >= 4 is 5.82 Å². The van der Waals surface area contributed by atoms with Crippen molar-refractivity contribution in [1.82, 2.24) is 20.2 Å². The smallest absolute Gasteiger partial charge is 0.135 e. The summed E-state index contributed by atoms with van der Waals surface area (Å²) in [6, 6.07) is 0. The molecule has 2 aliphatic rings. The molecule has 5 nitrogen and oxygen atoms in total. The first kappa shape index (κ1) is 12.8. The molecule has 1 aromatic rings. The summed E-state index contributed by atoms with van der Waals surface area (Å²) in [5, 5.41) is 3.39. The van der Waals surface area contributed by atoms with Crippen LogP contribution in [0.5, 0.6) is 0 Å². The molecule has 0 bridgehead atoms. The molecule has 19 heavy (non-hydrogen) atoms. The third-order valence-corrected chi connectivity index (χ3v) is 4.18. The van der Waals surface area contributed by atoms with Gasteiger partial charge in [-0.25, -0.2) is 9.97 Å². The highest BCUT2D eigenvalue weighted by atomic mass is 15.2. The number of likely N-dealkylation sites (N-methyl/N-ethyl adjacent to an activating group) is 1. The Hall–Kier alpha value is -1.20. The van der Waals surface area contributed by atoms with E-state index in [0.717, 1.165) is 57.9 Å². The van der Waals surface area contributed by atoms with E-state index in [1.807, 2.05) is 0 Å². The number of nitrogens with one attached hydrogen (secondary N) is 1. The van der Waals surface area contributed by atoms with E-state index < -0.39 is 0 Å². The van der Waals surface area contributed by atoms with Gasteiger partial charge < -0.3 is 10.2 Å². The number of nitrogens with zero attached hydrogens (tertiary/aromatic N) is 4. The van der Waals surface area contributed by atoms with Crippen LogP contribution in [0.25, 0.3) is 0 Å². The predicted octanol–water partition coefficient (Wildman–Crippen LogP) is 0.307. The molecular weight excluding hydrogens is 238 g/mol. The molecule has 0 saturated carbocycles. The zero-order valence-electron chi connectivity index (χ0n) is 11.7. The van der Waals surface area contributed by atoms with Crippen LogP contribution in [0.15, 0.2) is 6.33 Å². The molecule has 1 aromatic heterocycles. The number of piperazine rings is 1. The summed E-state index contributed by atoms with van der Waals surface area (Å²) in [7, 11) is 2.16. The Morgan fingerprint density at radius 1 is 1.26 bits per heavy atom. The van der Waals surface area contributed by atoms with Crippen LogP contribution < -0.4 is 10.2 Å². The van der Waals surface area contributed by atoms with Gasteiger partial charge in [0.25, 0.3) is 0 Å². The van der Waals surface area contributed by atoms with Gasteiger partial charge in [-0.3, -0.25) is 4.90 Å². The zero-order valence-corrected chi connectivity index (χ0v) is 11.7. The number of rotatable bonds is 4. The van der Waals surface area contributed by atoms with Gasteiger partial charge in [0.05, 0.1) is 0 Å². The summed E-state index contributed by atoms with van der Waals surface area (Å²) in [5.74, 6) is 1.15. The maximum atomic E-state index is 4.50. The Balaban J connectivity index is 1.61. The molecule has 1 aliphatic heterocycles. The molecule has 1 saturated heterocycles. The molecule has 104 valence electrons. The zero-order chi connectivity index (χ0) is 13.1. The van der Waals surface area contributed by atoms with Crippen LogP contribution in [0.3, 0.4) is 0 Å². The largest absolute Gasteiger partial charge is 0.358 e. The molecule has 0 aromatic carbocycles. The van der Waals surface area contributed by atoms with E-state index in [2.05, 4.69) is 32.1 Å². The predicted molar refractivity (Wildman–Crippen MR) is 76.6 cm³/mol. The van der Waals surface area contributed by atoms with E-state index in [1.165, 1.54) is 17.7 Å². The van der Waals surface area contributed by atoms with Gasteiger partial charge in [-0.05, 0) is 19.3 Å².